The van der Waals surface area contributed by atoms with Crippen LogP contribution in [0.1, 0.15) is 36.6 Å². The first-order chi connectivity index (χ1) is 17.7. The van der Waals surface area contributed by atoms with Gasteiger partial charge in [0.05, 0.1) is 37.5 Å². The van der Waals surface area contributed by atoms with Crippen LogP contribution in [0, 0.1) is 0 Å². The Morgan fingerprint density at radius 1 is 0.973 bits per heavy atom. The molecule has 192 valence electrons. The maximum Gasteiger partial charge on any atom is 0.295 e. The normalized spacial score (nSPS) is 16.8. The number of likely N-dealkylation sites (tertiary alicyclic amines) is 1. The van der Waals surface area contributed by atoms with Gasteiger partial charge in [-0.2, -0.15) is 0 Å². The second-order valence-corrected chi connectivity index (χ2v) is 9.30. The summed E-state index contributed by atoms with van der Waals surface area (Å²) in [5.74, 6) is -0.282. The summed E-state index contributed by atoms with van der Waals surface area (Å²) in [6.07, 6.45) is -0.0140. The number of Topliss-reactive ketones (excluding diaryl/α,β-unsaturated/α-hetero) is 1. The van der Waals surface area contributed by atoms with E-state index in [1.807, 2.05) is 26.0 Å². The topological polar surface area (TPSA) is 85.3 Å². The minimum Gasteiger partial charge on any atom is -0.507 e. The lowest BCUT2D eigenvalue weighted by atomic mass is 9.94. The Labute approximate surface area is 220 Å². The third-order valence-corrected chi connectivity index (χ3v) is 6.25. The molecule has 1 saturated heterocycles. The highest BCUT2D eigenvalue weighted by Gasteiger charge is 2.46. The highest BCUT2D eigenvalue weighted by molar-refractivity contribution is 6.46. The van der Waals surface area contributed by atoms with Crippen LogP contribution in [0.15, 0.2) is 72.3 Å². The van der Waals surface area contributed by atoms with Crippen LogP contribution in [-0.2, 0) is 16.1 Å². The SMILES string of the molecule is COc1cccc(CN2C(=O)C(=O)/C(=C(/O)c3cc(Cl)ccc3OC)C2c2ccc(OC(C)C)cc2)c1. The summed E-state index contributed by atoms with van der Waals surface area (Å²) in [6, 6.07) is 18.2. The number of hydrogen-bond donors (Lipinski definition) is 1. The smallest absolute Gasteiger partial charge is 0.295 e. The number of methoxy groups -OCH3 is 2. The summed E-state index contributed by atoms with van der Waals surface area (Å²) in [4.78, 5) is 28.2. The van der Waals surface area contributed by atoms with Gasteiger partial charge < -0.3 is 24.2 Å². The molecule has 0 spiro atoms. The van der Waals surface area contributed by atoms with Gasteiger partial charge in [-0.3, -0.25) is 9.59 Å². The van der Waals surface area contributed by atoms with Gasteiger partial charge in [0.25, 0.3) is 11.7 Å². The van der Waals surface area contributed by atoms with Crippen molar-refractivity contribution in [1.82, 2.24) is 4.90 Å². The zero-order valence-electron chi connectivity index (χ0n) is 21.0. The first kappa shape index (κ1) is 26.1. The van der Waals surface area contributed by atoms with E-state index >= 15 is 0 Å². The van der Waals surface area contributed by atoms with E-state index in [1.165, 1.54) is 18.1 Å². The first-order valence-electron chi connectivity index (χ1n) is 11.7. The molecule has 1 fully saturated rings. The Morgan fingerprint density at radius 3 is 2.35 bits per heavy atom. The molecule has 0 bridgehead atoms. The highest BCUT2D eigenvalue weighted by Crippen LogP contribution is 2.42. The number of hydrogen-bond acceptors (Lipinski definition) is 6. The van der Waals surface area contributed by atoms with Gasteiger partial charge in [0, 0.05) is 11.6 Å². The quantitative estimate of drug-likeness (QED) is 0.230. The number of halogens is 1. The van der Waals surface area contributed by atoms with E-state index in [0.717, 1.165) is 5.56 Å². The van der Waals surface area contributed by atoms with Crippen LogP contribution in [0.2, 0.25) is 5.02 Å². The minimum atomic E-state index is -0.858. The maximum atomic E-state index is 13.4. The molecule has 3 aromatic carbocycles. The van der Waals surface area contributed by atoms with Crippen molar-refractivity contribution < 1.29 is 28.9 Å². The zero-order valence-corrected chi connectivity index (χ0v) is 21.8. The fourth-order valence-corrected chi connectivity index (χ4v) is 4.54. The van der Waals surface area contributed by atoms with E-state index in [2.05, 4.69) is 0 Å². The fourth-order valence-electron chi connectivity index (χ4n) is 4.37. The van der Waals surface area contributed by atoms with E-state index in [1.54, 1.807) is 55.6 Å². The fraction of sp³-hybridized carbons (Fsp3) is 0.241. The molecular formula is C29H28ClNO6. The molecule has 37 heavy (non-hydrogen) atoms. The van der Waals surface area contributed by atoms with Crippen molar-refractivity contribution in [2.45, 2.75) is 32.5 Å². The zero-order chi connectivity index (χ0) is 26.7. The summed E-state index contributed by atoms with van der Waals surface area (Å²) in [5, 5.41) is 11.8. The van der Waals surface area contributed by atoms with Crippen LogP contribution in [0.4, 0.5) is 0 Å². The summed E-state index contributed by atoms with van der Waals surface area (Å²) < 4.78 is 16.5. The number of ketones is 1. The Balaban J connectivity index is 1.86. The van der Waals surface area contributed by atoms with Crippen molar-refractivity contribution in [2.75, 3.05) is 14.2 Å². The van der Waals surface area contributed by atoms with Crippen molar-refractivity contribution in [3.8, 4) is 17.2 Å². The largest absolute Gasteiger partial charge is 0.507 e. The number of benzene rings is 3. The van der Waals surface area contributed by atoms with Gasteiger partial charge in [-0.05, 0) is 67.4 Å². The molecule has 1 N–H and O–H groups in total. The van der Waals surface area contributed by atoms with Gasteiger partial charge in [-0.25, -0.2) is 0 Å². The number of amides is 1. The average molecular weight is 522 g/mol. The molecule has 1 aliphatic rings. The number of ether oxygens (including phenoxy) is 3. The second kappa shape index (κ2) is 11.0. The van der Waals surface area contributed by atoms with Crippen molar-refractivity contribution in [2.24, 2.45) is 0 Å². The van der Waals surface area contributed by atoms with Gasteiger partial charge in [-0.1, -0.05) is 35.9 Å². The molecular weight excluding hydrogens is 494 g/mol. The predicted molar refractivity (Wildman–Crippen MR) is 141 cm³/mol. The van der Waals surface area contributed by atoms with Crippen LogP contribution in [0.5, 0.6) is 17.2 Å². The van der Waals surface area contributed by atoms with Crippen molar-refractivity contribution in [3.05, 3.63) is 94.0 Å². The molecule has 1 unspecified atom stereocenters. The van der Waals surface area contributed by atoms with E-state index in [4.69, 9.17) is 25.8 Å². The number of aliphatic hydroxyl groups excluding tert-OH is 1. The molecule has 8 heteroatoms. The molecule has 4 rings (SSSR count). The van der Waals surface area contributed by atoms with Crippen LogP contribution in [0.3, 0.4) is 0 Å². The third-order valence-electron chi connectivity index (χ3n) is 6.01. The number of rotatable bonds is 8. The number of carbonyl (C=O) groups excluding carboxylic acids is 2. The monoisotopic (exact) mass is 521 g/mol. The summed E-state index contributed by atoms with van der Waals surface area (Å²) in [6.45, 7) is 3.98. The molecule has 1 aliphatic heterocycles. The van der Waals surface area contributed by atoms with E-state index in [-0.39, 0.29) is 29.5 Å². The predicted octanol–water partition coefficient (Wildman–Crippen LogP) is 5.77. The van der Waals surface area contributed by atoms with Gasteiger partial charge in [0.15, 0.2) is 0 Å². The highest BCUT2D eigenvalue weighted by atomic mass is 35.5. The molecule has 0 aliphatic carbocycles. The molecule has 0 radical (unpaired) electrons. The molecule has 1 atom stereocenters. The summed E-state index contributed by atoms with van der Waals surface area (Å²) in [5.41, 5.74) is 1.58. The molecule has 7 nitrogen and oxygen atoms in total. The minimum absolute atomic E-state index is 0.0140. The maximum absolute atomic E-state index is 13.4. The summed E-state index contributed by atoms with van der Waals surface area (Å²) >= 11 is 6.19. The van der Waals surface area contributed by atoms with E-state index in [0.29, 0.717) is 27.8 Å². The molecule has 1 heterocycles. The lowest BCUT2D eigenvalue weighted by molar-refractivity contribution is -0.140. The summed E-state index contributed by atoms with van der Waals surface area (Å²) in [7, 11) is 3.01. The van der Waals surface area contributed by atoms with Gasteiger partial charge in [0.1, 0.15) is 23.0 Å². The van der Waals surface area contributed by atoms with Gasteiger partial charge in [0.2, 0.25) is 0 Å². The Bertz CT molecular complexity index is 1350. The second-order valence-electron chi connectivity index (χ2n) is 8.86. The van der Waals surface area contributed by atoms with Gasteiger partial charge in [-0.15, -0.1) is 0 Å². The lowest BCUT2D eigenvalue weighted by Gasteiger charge is -2.26. The van der Waals surface area contributed by atoms with Crippen LogP contribution < -0.4 is 14.2 Å². The standard InChI is InChI=1S/C29H28ClNO6/c1-17(2)37-21-11-8-19(9-12-21)26-25(27(32)23-15-20(30)10-13-24(23)36-4)28(33)29(34)31(26)16-18-6-5-7-22(14-18)35-3/h5-15,17,26,32H,16H2,1-4H3/b27-25+. The van der Waals surface area contributed by atoms with Crippen LogP contribution in [-0.4, -0.2) is 42.0 Å². The molecule has 0 aromatic heterocycles. The van der Waals surface area contributed by atoms with E-state index in [9.17, 15) is 14.7 Å². The first-order valence-corrected chi connectivity index (χ1v) is 12.1. The lowest BCUT2D eigenvalue weighted by Crippen LogP contribution is -2.29. The van der Waals surface area contributed by atoms with Crippen molar-refractivity contribution in [3.63, 3.8) is 0 Å². The molecule has 1 amide bonds. The van der Waals surface area contributed by atoms with Crippen LogP contribution >= 0.6 is 11.6 Å². The Kier molecular flexibility index (Phi) is 7.74. The third kappa shape index (κ3) is 5.42. The number of carbonyl (C=O) groups is 2. The van der Waals surface area contributed by atoms with Crippen LogP contribution in [0.25, 0.3) is 5.76 Å². The van der Waals surface area contributed by atoms with Gasteiger partial charge >= 0.3 is 0 Å². The molecule has 0 saturated carbocycles. The van der Waals surface area contributed by atoms with E-state index < -0.39 is 17.7 Å². The van der Waals surface area contributed by atoms with Crippen molar-refractivity contribution in [1.29, 1.82) is 0 Å². The average Bonchev–Trinajstić information content (AvgIpc) is 3.13. The number of aliphatic hydroxyl groups is 1. The molecule has 3 aromatic rings. The Hall–Kier alpha value is -3.97. The Morgan fingerprint density at radius 2 is 1.70 bits per heavy atom. The van der Waals surface area contributed by atoms with Crippen molar-refractivity contribution >= 4 is 29.1 Å². The number of nitrogens with zero attached hydrogens (tertiary/aromatic N) is 1.